The number of fused-ring (bicyclic) bond motifs is 1. The van der Waals surface area contributed by atoms with Crippen LogP contribution in [-0.2, 0) is 11.2 Å². The third-order valence-electron chi connectivity index (χ3n) is 3.33. The second-order valence-electron chi connectivity index (χ2n) is 5.05. The molecule has 0 fully saturated rings. The van der Waals surface area contributed by atoms with Gasteiger partial charge in [0.25, 0.3) is 0 Å². The molecule has 0 aromatic heterocycles. The third kappa shape index (κ3) is 3.55. The summed E-state index contributed by atoms with van der Waals surface area (Å²) >= 11 is 0. The van der Waals surface area contributed by atoms with Crippen molar-refractivity contribution in [2.75, 3.05) is 0 Å². The molecule has 0 amide bonds. The van der Waals surface area contributed by atoms with Crippen LogP contribution in [0.5, 0.6) is 0 Å². The second kappa shape index (κ2) is 6.69. The van der Waals surface area contributed by atoms with Gasteiger partial charge in [0, 0.05) is 6.42 Å². The van der Waals surface area contributed by atoms with Gasteiger partial charge in [-0.25, -0.2) is 0 Å². The van der Waals surface area contributed by atoms with Gasteiger partial charge in [-0.05, 0) is 22.3 Å². The first-order valence-electron chi connectivity index (χ1n) is 6.34. The second-order valence-corrected chi connectivity index (χ2v) is 5.05. The highest BCUT2D eigenvalue weighted by atomic mass is 35.5. The average Bonchev–Trinajstić information content (AvgIpc) is 2.38. The Bertz CT molecular complexity index is 560. The maximum Gasteiger partial charge on any atom is 0.154 e. The molecule has 0 radical (unpaired) electrons. The van der Waals surface area contributed by atoms with E-state index in [1.54, 1.807) is 0 Å². The lowest BCUT2D eigenvalue weighted by Crippen LogP contribution is -2.36. The summed E-state index contributed by atoms with van der Waals surface area (Å²) in [4.78, 5) is 12.1. The van der Waals surface area contributed by atoms with Crippen LogP contribution in [0.2, 0.25) is 0 Å². The molecule has 0 aliphatic heterocycles. The first-order valence-corrected chi connectivity index (χ1v) is 6.34. The molecule has 0 spiro atoms. The summed E-state index contributed by atoms with van der Waals surface area (Å²) in [5.41, 5.74) is 6.97. The van der Waals surface area contributed by atoms with Crippen LogP contribution in [0, 0.1) is 5.92 Å². The van der Waals surface area contributed by atoms with Crippen molar-refractivity contribution >= 4 is 29.0 Å². The van der Waals surface area contributed by atoms with Crippen LogP contribution >= 0.6 is 12.4 Å². The number of nitrogens with two attached hydrogens (primary N) is 1. The molecule has 0 aliphatic rings. The molecule has 2 aromatic rings. The third-order valence-corrected chi connectivity index (χ3v) is 3.33. The Morgan fingerprint density at radius 2 is 1.74 bits per heavy atom. The van der Waals surface area contributed by atoms with Crippen LogP contribution < -0.4 is 5.73 Å². The minimum absolute atomic E-state index is 0. The smallest absolute Gasteiger partial charge is 0.154 e. The van der Waals surface area contributed by atoms with E-state index in [1.165, 1.54) is 5.39 Å². The fraction of sp³-hybridized carbons (Fsp3) is 0.312. The summed E-state index contributed by atoms with van der Waals surface area (Å²) in [6.45, 7) is 3.96. The zero-order chi connectivity index (χ0) is 13.1. The largest absolute Gasteiger partial charge is 0.321 e. The molecule has 0 saturated heterocycles. The van der Waals surface area contributed by atoms with Crippen LogP contribution in [0.4, 0.5) is 0 Å². The number of Topliss-reactive ketones (excluding diaryl/α,β-unsaturated/α-hetero) is 1. The van der Waals surface area contributed by atoms with E-state index in [1.807, 2.05) is 38.1 Å². The summed E-state index contributed by atoms with van der Waals surface area (Å²) in [7, 11) is 0. The first kappa shape index (κ1) is 15.7. The topological polar surface area (TPSA) is 43.1 Å². The van der Waals surface area contributed by atoms with E-state index in [-0.39, 0.29) is 30.2 Å². The Morgan fingerprint density at radius 1 is 1.11 bits per heavy atom. The Labute approximate surface area is 120 Å². The van der Waals surface area contributed by atoms with Gasteiger partial charge in [-0.2, -0.15) is 0 Å². The Balaban J connectivity index is 0.00000180. The van der Waals surface area contributed by atoms with Gasteiger partial charge in [-0.3, -0.25) is 4.79 Å². The van der Waals surface area contributed by atoms with Crippen molar-refractivity contribution < 1.29 is 4.79 Å². The van der Waals surface area contributed by atoms with E-state index < -0.39 is 0 Å². The maximum atomic E-state index is 12.1. The number of rotatable bonds is 4. The number of halogens is 1. The lowest BCUT2D eigenvalue weighted by atomic mass is 9.94. The normalized spacial score (nSPS) is 12.2. The molecule has 0 bridgehead atoms. The molecule has 3 heteroatoms. The van der Waals surface area contributed by atoms with Gasteiger partial charge in [-0.15, -0.1) is 12.4 Å². The fourth-order valence-corrected chi connectivity index (χ4v) is 2.12. The highest BCUT2D eigenvalue weighted by molar-refractivity contribution is 5.92. The summed E-state index contributed by atoms with van der Waals surface area (Å²) in [5.74, 6) is 0.300. The molecule has 2 aromatic carbocycles. The van der Waals surface area contributed by atoms with Gasteiger partial charge in [-0.1, -0.05) is 56.3 Å². The molecule has 2 N–H and O–H groups in total. The molecule has 0 saturated carbocycles. The van der Waals surface area contributed by atoms with Crippen molar-refractivity contribution in [2.24, 2.45) is 11.7 Å². The predicted octanol–water partition coefficient (Wildman–Crippen LogP) is 3.36. The molecule has 102 valence electrons. The monoisotopic (exact) mass is 277 g/mol. The van der Waals surface area contributed by atoms with Crippen molar-refractivity contribution in [2.45, 2.75) is 26.3 Å². The number of hydrogen-bond donors (Lipinski definition) is 1. The van der Waals surface area contributed by atoms with E-state index in [9.17, 15) is 4.79 Å². The van der Waals surface area contributed by atoms with Crippen molar-refractivity contribution in [3.8, 4) is 0 Å². The Hall–Kier alpha value is -1.38. The number of carbonyl (C=O) groups is 1. The SMILES string of the molecule is CC(C)[C@@H](N)C(=O)Cc1cccc2ccccc12.Cl. The molecule has 2 nitrogen and oxygen atoms in total. The minimum Gasteiger partial charge on any atom is -0.321 e. The van der Waals surface area contributed by atoms with Gasteiger partial charge in [0.15, 0.2) is 5.78 Å². The highest BCUT2D eigenvalue weighted by Gasteiger charge is 2.18. The first-order chi connectivity index (χ1) is 8.59. The highest BCUT2D eigenvalue weighted by Crippen LogP contribution is 2.19. The van der Waals surface area contributed by atoms with E-state index >= 15 is 0 Å². The molecule has 0 unspecified atom stereocenters. The van der Waals surface area contributed by atoms with Gasteiger partial charge >= 0.3 is 0 Å². The lowest BCUT2D eigenvalue weighted by Gasteiger charge is -2.14. The zero-order valence-electron chi connectivity index (χ0n) is 11.3. The summed E-state index contributed by atoms with van der Waals surface area (Å²) in [6.07, 6.45) is 0.417. The molecule has 1 atom stereocenters. The summed E-state index contributed by atoms with van der Waals surface area (Å²) in [5, 5.41) is 2.31. The van der Waals surface area contributed by atoms with E-state index in [4.69, 9.17) is 5.73 Å². The molecular weight excluding hydrogens is 258 g/mol. The lowest BCUT2D eigenvalue weighted by molar-refractivity contribution is -0.120. The van der Waals surface area contributed by atoms with Crippen LogP contribution in [0.3, 0.4) is 0 Å². The molecule has 2 rings (SSSR count). The quantitative estimate of drug-likeness (QED) is 0.931. The van der Waals surface area contributed by atoms with Gasteiger partial charge < -0.3 is 5.73 Å². The van der Waals surface area contributed by atoms with Crippen molar-refractivity contribution in [1.29, 1.82) is 0 Å². The van der Waals surface area contributed by atoms with Crippen molar-refractivity contribution in [3.63, 3.8) is 0 Å². The predicted molar refractivity (Wildman–Crippen MR) is 82.7 cm³/mol. The van der Waals surface area contributed by atoms with Gasteiger partial charge in [0.05, 0.1) is 6.04 Å². The maximum absolute atomic E-state index is 12.1. The number of carbonyl (C=O) groups excluding carboxylic acids is 1. The summed E-state index contributed by atoms with van der Waals surface area (Å²) < 4.78 is 0. The zero-order valence-corrected chi connectivity index (χ0v) is 12.1. The Morgan fingerprint density at radius 3 is 2.42 bits per heavy atom. The average molecular weight is 278 g/mol. The van der Waals surface area contributed by atoms with Crippen LogP contribution in [-0.4, -0.2) is 11.8 Å². The molecule has 0 aliphatic carbocycles. The van der Waals surface area contributed by atoms with Gasteiger partial charge in [0.1, 0.15) is 0 Å². The molecule has 19 heavy (non-hydrogen) atoms. The van der Waals surface area contributed by atoms with E-state index in [0.29, 0.717) is 6.42 Å². The molecule has 0 heterocycles. The standard InChI is InChI=1S/C16H19NO.ClH/c1-11(2)16(17)15(18)10-13-8-5-7-12-6-3-4-9-14(12)13;/h3-9,11,16H,10,17H2,1-2H3;1H/t16-;/m1./s1. The van der Waals surface area contributed by atoms with Crippen LogP contribution in [0.1, 0.15) is 19.4 Å². The van der Waals surface area contributed by atoms with Crippen molar-refractivity contribution in [1.82, 2.24) is 0 Å². The van der Waals surface area contributed by atoms with Crippen LogP contribution in [0.15, 0.2) is 42.5 Å². The summed E-state index contributed by atoms with van der Waals surface area (Å²) in [6, 6.07) is 13.8. The number of ketones is 1. The Kier molecular flexibility index (Phi) is 5.52. The van der Waals surface area contributed by atoms with E-state index in [2.05, 4.69) is 18.2 Å². The minimum atomic E-state index is -0.371. The van der Waals surface area contributed by atoms with Gasteiger partial charge in [0.2, 0.25) is 0 Å². The van der Waals surface area contributed by atoms with E-state index in [0.717, 1.165) is 10.9 Å². The number of hydrogen-bond acceptors (Lipinski definition) is 2. The van der Waals surface area contributed by atoms with Crippen molar-refractivity contribution in [3.05, 3.63) is 48.0 Å². The fourth-order valence-electron chi connectivity index (χ4n) is 2.12. The molecular formula is C16H20ClNO. The van der Waals surface area contributed by atoms with Crippen LogP contribution in [0.25, 0.3) is 10.8 Å². The number of benzene rings is 2.